The summed E-state index contributed by atoms with van der Waals surface area (Å²) in [5, 5.41) is 0.672. The Morgan fingerprint density at radius 3 is 2.27 bits per heavy atom. The van der Waals surface area contributed by atoms with Crippen molar-refractivity contribution in [3.05, 3.63) is 29.7 Å². The van der Waals surface area contributed by atoms with E-state index in [0.29, 0.717) is 16.4 Å². The molecule has 0 aliphatic carbocycles. The van der Waals surface area contributed by atoms with Crippen molar-refractivity contribution >= 4 is 29.5 Å². The van der Waals surface area contributed by atoms with Gasteiger partial charge in [0.1, 0.15) is 17.1 Å². The van der Waals surface area contributed by atoms with Crippen molar-refractivity contribution in [3.63, 3.8) is 0 Å². The summed E-state index contributed by atoms with van der Waals surface area (Å²) in [6.45, 7) is 13.1. The second-order valence-electron chi connectivity index (χ2n) is 8.69. The molecule has 140 valence electrons. The molecular weight excluding hydrogens is 336 g/mol. The lowest BCUT2D eigenvalue weighted by Gasteiger charge is -2.32. The summed E-state index contributed by atoms with van der Waals surface area (Å²) in [5.41, 5.74) is -0.534. The van der Waals surface area contributed by atoms with Crippen LogP contribution in [-0.2, 0) is 14.0 Å². The highest BCUT2D eigenvalue weighted by atomic mass is 19.1. The number of rotatable bonds is 2. The van der Waals surface area contributed by atoms with E-state index in [2.05, 4.69) is 4.98 Å². The highest BCUT2D eigenvalue weighted by Crippen LogP contribution is 2.37. The van der Waals surface area contributed by atoms with Gasteiger partial charge < -0.3 is 19.0 Å². The van der Waals surface area contributed by atoms with Crippen molar-refractivity contribution in [1.29, 1.82) is 0 Å². The molecule has 0 saturated carbocycles. The van der Waals surface area contributed by atoms with E-state index in [1.807, 2.05) is 27.7 Å². The number of nitrogens with one attached hydrogen (secondary N) is 1. The van der Waals surface area contributed by atoms with Crippen LogP contribution in [0.15, 0.2) is 18.2 Å². The quantitative estimate of drug-likeness (QED) is 0.656. The summed E-state index contributed by atoms with van der Waals surface area (Å²) in [5.74, 6) is -0.922. The fourth-order valence-corrected chi connectivity index (χ4v) is 2.89. The molecule has 1 N–H and O–H groups in total. The molecule has 0 amide bonds. The van der Waals surface area contributed by atoms with Crippen LogP contribution in [0.1, 0.15) is 59.0 Å². The van der Waals surface area contributed by atoms with Gasteiger partial charge in [-0.15, -0.1) is 0 Å². The van der Waals surface area contributed by atoms with Crippen LogP contribution in [0.3, 0.4) is 0 Å². The lowest BCUT2D eigenvalue weighted by Crippen LogP contribution is -2.41. The fraction of sp³-hybridized carbons (Fsp3) is 0.526. The molecular formula is C19H25BFNO4. The smallest absolute Gasteiger partial charge is 0.455 e. The normalized spacial score (nSPS) is 19.2. The van der Waals surface area contributed by atoms with E-state index in [4.69, 9.17) is 14.0 Å². The van der Waals surface area contributed by atoms with E-state index in [1.165, 1.54) is 12.1 Å². The maximum atomic E-state index is 13.7. The van der Waals surface area contributed by atoms with Crippen LogP contribution >= 0.6 is 0 Å². The van der Waals surface area contributed by atoms with E-state index in [0.717, 1.165) is 0 Å². The molecule has 1 aliphatic rings. The average Bonchev–Trinajstić information content (AvgIpc) is 2.91. The first-order valence-electron chi connectivity index (χ1n) is 8.71. The summed E-state index contributed by atoms with van der Waals surface area (Å²) >= 11 is 0. The van der Waals surface area contributed by atoms with Crippen molar-refractivity contribution < 1.29 is 23.2 Å². The lowest BCUT2D eigenvalue weighted by molar-refractivity contribution is 0.00578. The monoisotopic (exact) mass is 361 g/mol. The minimum absolute atomic E-state index is 0.221. The van der Waals surface area contributed by atoms with Crippen LogP contribution in [-0.4, -0.2) is 34.9 Å². The first kappa shape index (κ1) is 18.9. The topological polar surface area (TPSA) is 60.6 Å². The minimum atomic E-state index is -0.762. The number of aromatic nitrogens is 1. The van der Waals surface area contributed by atoms with Gasteiger partial charge >= 0.3 is 13.1 Å². The van der Waals surface area contributed by atoms with Gasteiger partial charge in [0.15, 0.2) is 0 Å². The van der Waals surface area contributed by atoms with Crippen molar-refractivity contribution in [3.8, 4) is 0 Å². The number of halogens is 1. The molecule has 7 heteroatoms. The Labute approximate surface area is 153 Å². The molecule has 1 aromatic carbocycles. The van der Waals surface area contributed by atoms with Gasteiger partial charge in [-0.05, 0) is 60.6 Å². The first-order valence-corrected chi connectivity index (χ1v) is 8.71. The molecule has 0 radical (unpaired) electrons. The molecule has 1 fully saturated rings. The van der Waals surface area contributed by atoms with Crippen LogP contribution < -0.4 is 5.46 Å². The SMILES string of the molecule is CC(C)(C)OC(=O)c1[nH]c2cc(F)ccc2c1B1OC(C)(C)C(C)(C)O1. The Bertz CT molecular complexity index is 850. The predicted molar refractivity (Wildman–Crippen MR) is 99.1 cm³/mol. The van der Waals surface area contributed by atoms with Crippen molar-refractivity contribution in [2.45, 2.75) is 65.3 Å². The molecule has 26 heavy (non-hydrogen) atoms. The Balaban J connectivity index is 2.14. The second kappa shape index (κ2) is 5.82. The number of carbonyl (C=O) groups excluding carboxylic acids is 1. The molecule has 3 rings (SSSR count). The van der Waals surface area contributed by atoms with Gasteiger partial charge in [-0.25, -0.2) is 9.18 Å². The number of H-pyrrole nitrogens is 1. The molecule has 2 aromatic rings. The number of carbonyl (C=O) groups is 1. The molecule has 0 atom stereocenters. The van der Waals surface area contributed by atoms with E-state index < -0.39 is 35.7 Å². The minimum Gasteiger partial charge on any atom is -0.455 e. The van der Waals surface area contributed by atoms with Crippen LogP contribution in [0.25, 0.3) is 10.9 Å². The van der Waals surface area contributed by atoms with Crippen LogP contribution in [0.4, 0.5) is 4.39 Å². The number of aromatic amines is 1. The molecule has 0 bridgehead atoms. The van der Waals surface area contributed by atoms with Crippen LogP contribution in [0.5, 0.6) is 0 Å². The van der Waals surface area contributed by atoms with E-state index in [9.17, 15) is 9.18 Å². The van der Waals surface area contributed by atoms with E-state index >= 15 is 0 Å². The zero-order chi connectivity index (χ0) is 19.5. The standard InChI is InChI=1S/C19H25BFNO4/c1-17(2,3)24-16(23)15-14(12-9-8-11(21)10-13(12)22-15)20-25-18(4,5)19(6,7)26-20/h8-10,22H,1-7H3. The average molecular weight is 361 g/mol. The summed E-state index contributed by atoms with van der Waals surface area (Å²) < 4.78 is 31.4. The van der Waals surface area contributed by atoms with Gasteiger partial charge in [-0.1, -0.05) is 6.07 Å². The van der Waals surface area contributed by atoms with Crippen molar-refractivity contribution in [2.24, 2.45) is 0 Å². The summed E-state index contributed by atoms with van der Waals surface area (Å²) in [4.78, 5) is 15.7. The molecule has 1 aromatic heterocycles. The summed E-state index contributed by atoms with van der Waals surface area (Å²) in [7, 11) is -0.762. The maximum absolute atomic E-state index is 13.7. The van der Waals surface area contributed by atoms with Gasteiger partial charge in [0.25, 0.3) is 0 Å². The Kier molecular flexibility index (Phi) is 4.24. The first-order chi connectivity index (χ1) is 11.8. The van der Waals surface area contributed by atoms with Gasteiger partial charge in [0.05, 0.1) is 11.2 Å². The van der Waals surface area contributed by atoms with E-state index in [1.54, 1.807) is 26.8 Å². The number of benzene rings is 1. The number of esters is 1. The fourth-order valence-electron chi connectivity index (χ4n) is 2.89. The van der Waals surface area contributed by atoms with Crippen molar-refractivity contribution in [2.75, 3.05) is 0 Å². The van der Waals surface area contributed by atoms with Crippen molar-refractivity contribution in [1.82, 2.24) is 4.98 Å². The Hall–Kier alpha value is -1.86. The van der Waals surface area contributed by atoms with Gasteiger partial charge in [-0.2, -0.15) is 0 Å². The molecule has 2 heterocycles. The Morgan fingerprint density at radius 1 is 1.15 bits per heavy atom. The Morgan fingerprint density at radius 2 is 1.73 bits per heavy atom. The molecule has 0 unspecified atom stereocenters. The predicted octanol–water partition coefficient (Wildman–Crippen LogP) is 3.56. The zero-order valence-electron chi connectivity index (χ0n) is 16.3. The van der Waals surface area contributed by atoms with Crippen LogP contribution in [0, 0.1) is 5.82 Å². The number of ether oxygens (including phenoxy) is 1. The zero-order valence-corrected chi connectivity index (χ0v) is 16.3. The third kappa shape index (κ3) is 3.26. The van der Waals surface area contributed by atoms with Gasteiger partial charge in [0, 0.05) is 16.4 Å². The second-order valence-corrected chi connectivity index (χ2v) is 8.69. The third-order valence-electron chi connectivity index (χ3n) is 4.89. The lowest BCUT2D eigenvalue weighted by atomic mass is 9.76. The van der Waals surface area contributed by atoms with Gasteiger partial charge in [-0.3, -0.25) is 0 Å². The third-order valence-corrected chi connectivity index (χ3v) is 4.89. The highest BCUT2D eigenvalue weighted by Gasteiger charge is 2.53. The largest absolute Gasteiger partial charge is 0.497 e. The number of fused-ring (bicyclic) bond motifs is 1. The number of hydrogen-bond donors (Lipinski definition) is 1. The summed E-state index contributed by atoms with van der Waals surface area (Å²) in [6.07, 6.45) is 0. The van der Waals surface area contributed by atoms with E-state index in [-0.39, 0.29) is 5.69 Å². The molecule has 1 saturated heterocycles. The summed E-state index contributed by atoms with van der Waals surface area (Å²) in [6, 6.07) is 4.32. The van der Waals surface area contributed by atoms with Crippen LogP contribution in [0.2, 0.25) is 0 Å². The molecule has 1 aliphatic heterocycles. The molecule has 0 spiro atoms. The highest BCUT2D eigenvalue weighted by molar-refractivity contribution is 6.66. The number of hydrogen-bond acceptors (Lipinski definition) is 4. The van der Waals surface area contributed by atoms with Gasteiger partial charge in [0.2, 0.25) is 0 Å². The molecule has 5 nitrogen and oxygen atoms in total. The maximum Gasteiger partial charge on any atom is 0.497 e.